The van der Waals surface area contributed by atoms with E-state index in [0.29, 0.717) is 19.3 Å². The van der Waals surface area contributed by atoms with Crippen LogP contribution in [-0.2, 0) is 28.6 Å². The van der Waals surface area contributed by atoms with Crippen LogP contribution < -0.4 is 0 Å². The maximum Gasteiger partial charge on any atom is 0.306 e. The second kappa shape index (κ2) is 64.2. The molecule has 440 valence electrons. The number of hydrogen-bond acceptors (Lipinski definition) is 6. The third kappa shape index (κ3) is 62.4. The summed E-state index contributed by atoms with van der Waals surface area (Å²) in [5.41, 5.74) is 0. The lowest BCUT2D eigenvalue weighted by molar-refractivity contribution is -0.167. The highest BCUT2D eigenvalue weighted by molar-refractivity contribution is 5.71. The third-order valence-corrected chi connectivity index (χ3v) is 15.2. The van der Waals surface area contributed by atoms with E-state index in [9.17, 15) is 14.4 Å². The maximum absolute atomic E-state index is 12.9. The molecule has 1 unspecified atom stereocenters. The normalized spacial score (nSPS) is 12.2. The Morgan fingerprint density at radius 3 is 0.813 bits per heavy atom. The van der Waals surface area contributed by atoms with Gasteiger partial charge in [0, 0.05) is 19.3 Å². The number of rotatable bonds is 62. The summed E-state index contributed by atoms with van der Waals surface area (Å²) in [7, 11) is 0. The minimum atomic E-state index is -0.781. The predicted octanol–water partition coefficient (Wildman–Crippen LogP) is 22.8. The second-order valence-electron chi connectivity index (χ2n) is 22.7. The molecule has 0 fully saturated rings. The molecule has 0 heterocycles. The lowest BCUT2D eigenvalue weighted by Gasteiger charge is -2.18. The average molecular weight is 1050 g/mol. The van der Waals surface area contributed by atoms with Crippen LogP contribution in [0.4, 0.5) is 0 Å². The fourth-order valence-corrected chi connectivity index (χ4v) is 10.2. The van der Waals surface area contributed by atoms with Crippen molar-refractivity contribution in [1.82, 2.24) is 0 Å². The minimum absolute atomic E-state index is 0.0760. The molecule has 6 nitrogen and oxygen atoms in total. The minimum Gasteiger partial charge on any atom is -0.462 e. The van der Waals surface area contributed by atoms with Gasteiger partial charge in [0.15, 0.2) is 6.10 Å². The molecule has 0 bridgehead atoms. The van der Waals surface area contributed by atoms with Gasteiger partial charge in [-0.3, -0.25) is 14.4 Å². The van der Waals surface area contributed by atoms with Crippen LogP contribution in [0, 0.1) is 0 Å². The molecule has 0 rings (SSSR count). The van der Waals surface area contributed by atoms with Gasteiger partial charge < -0.3 is 14.2 Å². The second-order valence-corrected chi connectivity index (χ2v) is 22.7. The summed E-state index contributed by atoms with van der Waals surface area (Å²) in [6.45, 7) is 6.57. The van der Waals surface area contributed by atoms with Crippen molar-refractivity contribution in [1.29, 1.82) is 0 Å². The van der Waals surface area contributed by atoms with Crippen LogP contribution in [-0.4, -0.2) is 37.2 Å². The van der Waals surface area contributed by atoms with E-state index >= 15 is 0 Å². The van der Waals surface area contributed by atoms with Crippen molar-refractivity contribution in [2.75, 3.05) is 13.2 Å². The van der Waals surface area contributed by atoms with E-state index in [4.69, 9.17) is 14.2 Å². The largest absolute Gasteiger partial charge is 0.462 e. The summed E-state index contributed by atoms with van der Waals surface area (Å²) in [6, 6.07) is 0. The van der Waals surface area contributed by atoms with Gasteiger partial charge in [-0.1, -0.05) is 333 Å². The van der Waals surface area contributed by atoms with Crippen LogP contribution >= 0.6 is 0 Å². The van der Waals surface area contributed by atoms with Gasteiger partial charge in [-0.15, -0.1) is 0 Å². The molecule has 0 aliphatic heterocycles. The number of carbonyl (C=O) groups excluding carboxylic acids is 3. The van der Waals surface area contributed by atoms with E-state index in [1.165, 1.54) is 244 Å². The number of esters is 3. The van der Waals surface area contributed by atoms with Crippen molar-refractivity contribution in [2.45, 2.75) is 374 Å². The standard InChI is InChI=1S/C69H128O6/c1-4-7-10-13-16-19-22-25-27-29-30-31-32-33-34-35-36-37-38-40-41-44-47-50-53-56-59-62-68(71)74-65-66(64-73-67(70)61-58-55-52-49-46-43-24-21-18-15-12-9-6-3)75-69(72)63-60-57-54-51-48-45-42-39-28-26-23-20-17-14-11-8-5-2/h9,12,18,21,43,46,66H,4-8,10-11,13-17,19-20,22-42,44-45,47-65H2,1-3H3/b12-9-,21-18-,46-43-. The zero-order valence-electron chi connectivity index (χ0n) is 50.6. The SMILES string of the molecule is CC/C=C\C/C=C\C/C=C\CCCCCC(=O)OCC(COC(=O)CCCCCCCCCCCCCCCCCCCCCCCCCCCCC)OC(=O)CCCCCCCCCCCCCCCCCCC. The van der Waals surface area contributed by atoms with Gasteiger partial charge in [-0.25, -0.2) is 0 Å². The molecule has 0 amide bonds. The van der Waals surface area contributed by atoms with Crippen molar-refractivity contribution in [3.8, 4) is 0 Å². The van der Waals surface area contributed by atoms with E-state index < -0.39 is 6.10 Å². The highest BCUT2D eigenvalue weighted by atomic mass is 16.6. The Morgan fingerprint density at radius 2 is 0.520 bits per heavy atom. The topological polar surface area (TPSA) is 78.9 Å². The smallest absolute Gasteiger partial charge is 0.306 e. The molecule has 0 aliphatic rings. The lowest BCUT2D eigenvalue weighted by atomic mass is 10.0. The number of allylic oxidation sites excluding steroid dienone is 6. The Morgan fingerprint density at radius 1 is 0.280 bits per heavy atom. The molecule has 0 aromatic rings. The van der Waals surface area contributed by atoms with E-state index in [1.807, 2.05) is 0 Å². The van der Waals surface area contributed by atoms with Crippen molar-refractivity contribution in [2.24, 2.45) is 0 Å². The summed E-state index contributed by atoms with van der Waals surface area (Å²) in [5, 5.41) is 0. The molecule has 0 aromatic heterocycles. The highest BCUT2D eigenvalue weighted by Gasteiger charge is 2.19. The lowest BCUT2D eigenvalue weighted by Crippen LogP contribution is -2.30. The van der Waals surface area contributed by atoms with Crippen molar-refractivity contribution < 1.29 is 28.6 Å². The molecule has 0 saturated heterocycles. The Balaban J connectivity index is 4.19. The molecule has 1 atom stereocenters. The summed E-state index contributed by atoms with van der Waals surface area (Å²) >= 11 is 0. The van der Waals surface area contributed by atoms with Gasteiger partial charge in [0.25, 0.3) is 0 Å². The fourth-order valence-electron chi connectivity index (χ4n) is 10.2. The Bertz CT molecular complexity index is 1250. The summed E-state index contributed by atoms with van der Waals surface area (Å²) in [4.78, 5) is 38.3. The Labute approximate surface area is 467 Å². The Kier molecular flexibility index (Phi) is 62.1. The van der Waals surface area contributed by atoms with Crippen molar-refractivity contribution in [3.05, 3.63) is 36.5 Å². The third-order valence-electron chi connectivity index (χ3n) is 15.2. The van der Waals surface area contributed by atoms with Gasteiger partial charge in [-0.05, 0) is 51.4 Å². The molecule has 0 saturated carbocycles. The predicted molar refractivity (Wildman–Crippen MR) is 326 cm³/mol. The number of carbonyl (C=O) groups is 3. The molecule has 0 aromatic carbocycles. The first kappa shape index (κ1) is 72.6. The first-order valence-corrected chi connectivity index (χ1v) is 33.5. The van der Waals surface area contributed by atoms with Gasteiger partial charge in [0.05, 0.1) is 0 Å². The molecule has 0 spiro atoms. The van der Waals surface area contributed by atoms with Crippen LogP contribution in [0.3, 0.4) is 0 Å². The maximum atomic E-state index is 12.9. The zero-order valence-corrected chi connectivity index (χ0v) is 50.6. The first-order chi connectivity index (χ1) is 37.0. The van der Waals surface area contributed by atoms with Crippen molar-refractivity contribution >= 4 is 17.9 Å². The molecular weight excluding hydrogens is 925 g/mol. The average Bonchev–Trinajstić information content (AvgIpc) is 3.41. The highest BCUT2D eigenvalue weighted by Crippen LogP contribution is 2.19. The van der Waals surface area contributed by atoms with Crippen LogP contribution in [0.1, 0.15) is 367 Å². The number of ether oxygens (including phenoxy) is 3. The van der Waals surface area contributed by atoms with Gasteiger partial charge >= 0.3 is 17.9 Å². The van der Waals surface area contributed by atoms with Crippen LogP contribution in [0.25, 0.3) is 0 Å². The molecule has 0 radical (unpaired) electrons. The van der Waals surface area contributed by atoms with E-state index in [0.717, 1.165) is 83.5 Å². The Hall–Kier alpha value is -2.37. The zero-order chi connectivity index (χ0) is 54.3. The van der Waals surface area contributed by atoms with Crippen molar-refractivity contribution in [3.63, 3.8) is 0 Å². The number of unbranched alkanes of at least 4 members (excludes halogenated alkanes) is 45. The van der Waals surface area contributed by atoms with E-state index in [1.54, 1.807) is 0 Å². The van der Waals surface area contributed by atoms with E-state index in [-0.39, 0.29) is 31.1 Å². The summed E-state index contributed by atoms with van der Waals surface area (Å²) in [6.07, 6.45) is 78.9. The van der Waals surface area contributed by atoms with Gasteiger partial charge in [0.2, 0.25) is 0 Å². The van der Waals surface area contributed by atoms with Crippen LogP contribution in [0.15, 0.2) is 36.5 Å². The van der Waals surface area contributed by atoms with Crippen LogP contribution in [0.5, 0.6) is 0 Å². The first-order valence-electron chi connectivity index (χ1n) is 33.5. The van der Waals surface area contributed by atoms with Gasteiger partial charge in [-0.2, -0.15) is 0 Å². The summed E-state index contributed by atoms with van der Waals surface area (Å²) in [5.74, 6) is -0.881. The fraction of sp³-hybridized carbons (Fsp3) is 0.870. The van der Waals surface area contributed by atoms with Crippen LogP contribution in [0.2, 0.25) is 0 Å². The van der Waals surface area contributed by atoms with E-state index in [2.05, 4.69) is 57.2 Å². The molecular formula is C69H128O6. The molecule has 6 heteroatoms. The quantitative estimate of drug-likeness (QED) is 0.0261. The summed E-state index contributed by atoms with van der Waals surface area (Å²) < 4.78 is 16.9. The number of hydrogen-bond donors (Lipinski definition) is 0. The molecule has 0 N–H and O–H groups in total. The molecule has 75 heavy (non-hydrogen) atoms. The monoisotopic (exact) mass is 1050 g/mol. The van der Waals surface area contributed by atoms with Gasteiger partial charge in [0.1, 0.15) is 13.2 Å². The molecule has 0 aliphatic carbocycles.